The van der Waals surface area contributed by atoms with E-state index >= 15 is 0 Å². The van der Waals surface area contributed by atoms with Crippen molar-refractivity contribution < 1.29 is 18.3 Å². The minimum atomic E-state index is -2.94. The number of hydrogen-bond acceptors (Lipinski definition) is 4. The number of hydrogen-bond donors (Lipinski definition) is 1. The van der Waals surface area contributed by atoms with E-state index in [2.05, 4.69) is 15.6 Å². The first kappa shape index (κ1) is 17.4. The lowest BCUT2D eigenvalue weighted by molar-refractivity contribution is -0.129. The highest BCUT2D eigenvalue weighted by Gasteiger charge is 2.49. The van der Waals surface area contributed by atoms with Crippen molar-refractivity contribution >= 4 is 11.9 Å². The molecule has 1 heterocycles. The molecule has 2 N–H and O–H groups in total. The van der Waals surface area contributed by atoms with Gasteiger partial charge in [-0.1, -0.05) is 30.2 Å². The van der Waals surface area contributed by atoms with Gasteiger partial charge in [0.05, 0.1) is 0 Å². The molecule has 0 bridgehead atoms. The van der Waals surface area contributed by atoms with Gasteiger partial charge in [0.15, 0.2) is 11.5 Å². The molecule has 0 saturated carbocycles. The van der Waals surface area contributed by atoms with E-state index in [-0.39, 0.29) is 17.6 Å². The number of carbonyl (C=O) groups excluding carboxylic acids is 1. The summed E-state index contributed by atoms with van der Waals surface area (Å²) in [6.07, 6.45) is 5.46. The molecule has 1 amide bonds. The molecular formula is C19H15F2N3O2. The van der Waals surface area contributed by atoms with Crippen LogP contribution in [0.3, 0.4) is 0 Å². The van der Waals surface area contributed by atoms with Crippen LogP contribution in [0.5, 0.6) is 5.75 Å². The van der Waals surface area contributed by atoms with Crippen LogP contribution in [0, 0.1) is 12.3 Å². The highest BCUT2D eigenvalue weighted by molar-refractivity contribution is 6.08. The van der Waals surface area contributed by atoms with Crippen molar-refractivity contribution in [1.82, 2.24) is 4.90 Å². The van der Waals surface area contributed by atoms with E-state index in [1.54, 1.807) is 24.3 Å². The summed E-state index contributed by atoms with van der Waals surface area (Å²) in [5, 5.41) is 0. The molecule has 0 spiro atoms. The van der Waals surface area contributed by atoms with Crippen molar-refractivity contribution in [2.75, 3.05) is 7.05 Å². The maximum Gasteiger partial charge on any atom is 0.387 e. The Bertz CT molecular complexity index is 919. The molecule has 0 fully saturated rings. The number of alkyl halides is 2. The predicted octanol–water partition coefficient (Wildman–Crippen LogP) is 2.30. The van der Waals surface area contributed by atoms with Crippen molar-refractivity contribution in [2.24, 2.45) is 10.7 Å². The number of nitrogens with two attached hydrogens (primary N) is 1. The van der Waals surface area contributed by atoms with Crippen LogP contribution in [0.2, 0.25) is 0 Å². The molecule has 26 heavy (non-hydrogen) atoms. The number of terminal acetylenes is 1. The van der Waals surface area contributed by atoms with Gasteiger partial charge in [-0.05, 0) is 35.4 Å². The summed E-state index contributed by atoms with van der Waals surface area (Å²) in [4.78, 5) is 18.7. The zero-order chi connectivity index (χ0) is 18.9. The summed E-state index contributed by atoms with van der Waals surface area (Å²) < 4.78 is 29.1. The van der Waals surface area contributed by atoms with Crippen molar-refractivity contribution in [3.05, 3.63) is 65.2 Å². The lowest BCUT2D eigenvalue weighted by Gasteiger charge is -2.26. The second-order valence-corrected chi connectivity index (χ2v) is 5.67. The predicted molar refractivity (Wildman–Crippen MR) is 92.6 cm³/mol. The summed E-state index contributed by atoms with van der Waals surface area (Å²) in [6, 6.07) is 12.6. The van der Waals surface area contributed by atoms with Gasteiger partial charge >= 0.3 is 6.61 Å². The second kappa shape index (κ2) is 6.48. The summed E-state index contributed by atoms with van der Waals surface area (Å²) in [5.74, 6) is 2.18. The molecule has 0 saturated heterocycles. The van der Waals surface area contributed by atoms with E-state index in [4.69, 9.17) is 12.2 Å². The topological polar surface area (TPSA) is 67.9 Å². The molecule has 132 valence electrons. The Morgan fingerprint density at radius 1 is 1.23 bits per heavy atom. The first-order valence-electron chi connectivity index (χ1n) is 7.64. The normalized spacial score (nSPS) is 19.4. The van der Waals surface area contributed by atoms with Gasteiger partial charge in [-0.15, -0.1) is 6.42 Å². The van der Waals surface area contributed by atoms with Crippen LogP contribution in [0.1, 0.15) is 16.7 Å². The molecule has 5 nitrogen and oxygen atoms in total. The van der Waals surface area contributed by atoms with Gasteiger partial charge in [-0.3, -0.25) is 9.69 Å². The first-order valence-corrected chi connectivity index (χ1v) is 7.64. The van der Waals surface area contributed by atoms with Crippen LogP contribution in [0.25, 0.3) is 0 Å². The van der Waals surface area contributed by atoms with Crippen LogP contribution in [-0.2, 0) is 10.3 Å². The molecule has 1 aliphatic heterocycles. The van der Waals surface area contributed by atoms with Crippen LogP contribution >= 0.6 is 0 Å². The maximum atomic E-state index is 13.0. The SMILES string of the molecule is C#Cc1cccc([C@@]2(c3ccc(OC(F)F)cc3)N=C(N)N(C)C2=O)c1. The molecule has 0 aliphatic carbocycles. The number of ether oxygens (including phenoxy) is 1. The third-order valence-corrected chi connectivity index (χ3v) is 4.18. The van der Waals surface area contributed by atoms with E-state index in [0.717, 1.165) is 0 Å². The fourth-order valence-electron chi connectivity index (χ4n) is 2.90. The van der Waals surface area contributed by atoms with Gasteiger partial charge in [0.2, 0.25) is 0 Å². The quantitative estimate of drug-likeness (QED) is 0.856. The first-order chi connectivity index (χ1) is 12.4. The van der Waals surface area contributed by atoms with Gasteiger partial charge in [0, 0.05) is 12.6 Å². The Kier molecular flexibility index (Phi) is 4.34. The van der Waals surface area contributed by atoms with Crippen molar-refractivity contribution in [1.29, 1.82) is 0 Å². The number of amides is 1. The number of nitrogens with zero attached hydrogens (tertiary/aromatic N) is 2. The Labute approximate surface area is 149 Å². The van der Waals surface area contributed by atoms with Crippen LogP contribution in [0.15, 0.2) is 53.5 Å². The fourth-order valence-corrected chi connectivity index (χ4v) is 2.90. The van der Waals surface area contributed by atoms with Crippen molar-refractivity contribution in [3.63, 3.8) is 0 Å². The fraction of sp³-hybridized carbons (Fsp3) is 0.158. The smallest absolute Gasteiger partial charge is 0.387 e. The lowest BCUT2D eigenvalue weighted by atomic mass is 9.82. The largest absolute Gasteiger partial charge is 0.435 e. The summed E-state index contributed by atoms with van der Waals surface area (Å²) in [7, 11) is 1.52. The minimum absolute atomic E-state index is 0.0213. The summed E-state index contributed by atoms with van der Waals surface area (Å²) in [5.41, 5.74) is 6.02. The number of halogens is 2. The van der Waals surface area contributed by atoms with Crippen LogP contribution < -0.4 is 10.5 Å². The molecule has 1 aliphatic rings. The van der Waals surface area contributed by atoms with Gasteiger partial charge in [-0.2, -0.15) is 8.78 Å². The second-order valence-electron chi connectivity index (χ2n) is 5.67. The average Bonchev–Trinajstić information content (AvgIpc) is 2.87. The van der Waals surface area contributed by atoms with E-state index < -0.39 is 12.2 Å². The zero-order valence-corrected chi connectivity index (χ0v) is 13.8. The maximum absolute atomic E-state index is 13.0. The molecule has 2 aromatic carbocycles. The minimum Gasteiger partial charge on any atom is -0.435 e. The van der Waals surface area contributed by atoms with Crippen molar-refractivity contribution in [2.45, 2.75) is 12.2 Å². The molecule has 3 rings (SSSR count). The third-order valence-electron chi connectivity index (χ3n) is 4.18. The van der Waals surface area contributed by atoms with Gasteiger partial charge < -0.3 is 10.5 Å². The summed E-state index contributed by atoms with van der Waals surface area (Å²) >= 11 is 0. The average molecular weight is 355 g/mol. The summed E-state index contributed by atoms with van der Waals surface area (Å²) in [6.45, 7) is -2.94. The molecule has 7 heteroatoms. The van der Waals surface area contributed by atoms with E-state index in [0.29, 0.717) is 16.7 Å². The van der Waals surface area contributed by atoms with Crippen LogP contribution in [0.4, 0.5) is 8.78 Å². The molecule has 2 aromatic rings. The van der Waals surface area contributed by atoms with Gasteiger partial charge in [0.1, 0.15) is 5.75 Å². The number of likely N-dealkylation sites (N-methyl/N-ethyl adjacent to an activating group) is 1. The third kappa shape index (κ3) is 2.75. The monoisotopic (exact) mass is 355 g/mol. The molecule has 1 atom stereocenters. The Hall–Kier alpha value is -3.40. The lowest BCUT2D eigenvalue weighted by Crippen LogP contribution is -2.41. The zero-order valence-electron chi connectivity index (χ0n) is 13.8. The standard InChI is InChI=1S/C19H15F2N3O2/c1-3-12-5-4-6-14(11-12)19(16(25)24(2)18(22)23-19)13-7-9-15(10-8-13)26-17(20)21/h1,4-11,17H,2H3,(H2,22,23)/t19-/m1/s1. The Balaban J connectivity index is 2.17. The number of carbonyl (C=O) groups is 1. The molecule has 0 unspecified atom stereocenters. The van der Waals surface area contributed by atoms with E-state index in [9.17, 15) is 13.6 Å². The number of guanidine groups is 1. The number of aliphatic imine (C=N–C) groups is 1. The van der Waals surface area contributed by atoms with E-state index in [1.807, 2.05) is 0 Å². The highest BCUT2D eigenvalue weighted by Crippen LogP contribution is 2.40. The van der Waals surface area contributed by atoms with Crippen molar-refractivity contribution in [3.8, 4) is 18.1 Å². The number of benzene rings is 2. The van der Waals surface area contributed by atoms with Crippen LogP contribution in [-0.4, -0.2) is 30.4 Å². The molecular weight excluding hydrogens is 340 g/mol. The highest BCUT2D eigenvalue weighted by atomic mass is 19.3. The Morgan fingerprint density at radius 2 is 1.92 bits per heavy atom. The van der Waals surface area contributed by atoms with Gasteiger partial charge in [0.25, 0.3) is 5.91 Å². The Morgan fingerprint density at radius 3 is 2.46 bits per heavy atom. The van der Waals surface area contributed by atoms with Gasteiger partial charge in [-0.25, -0.2) is 4.99 Å². The number of rotatable bonds is 4. The van der Waals surface area contributed by atoms with E-state index in [1.165, 1.54) is 36.2 Å². The molecule has 0 aromatic heterocycles. The molecule has 0 radical (unpaired) electrons.